The molecule has 1 amide bonds. The van der Waals surface area contributed by atoms with Gasteiger partial charge in [0.2, 0.25) is 5.91 Å². The van der Waals surface area contributed by atoms with Gasteiger partial charge in [0.1, 0.15) is 5.82 Å². The summed E-state index contributed by atoms with van der Waals surface area (Å²) in [4.78, 5) is 23.1. The second kappa shape index (κ2) is 7.20. The molecule has 1 aromatic rings. The molecule has 114 valence electrons. The molecular weight excluding hydrogens is 273 g/mol. The second-order valence-corrected chi connectivity index (χ2v) is 5.52. The van der Waals surface area contributed by atoms with Crippen molar-refractivity contribution in [2.45, 2.75) is 44.6 Å². The van der Waals surface area contributed by atoms with E-state index in [1.807, 2.05) is 0 Å². The van der Waals surface area contributed by atoms with Crippen LogP contribution in [0.3, 0.4) is 0 Å². The van der Waals surface area contributed by atoms with Gasteiger partial charge in [-0.05, 0) is 30.5 Å². The molecule has 1 aliphatic rings. The number of carboxylic acids is 1. The predicted octanol–water partition coefficient (Wildman–Crippen LogP) is 1.70. The number of rotatable bonds is 5. The Hall–Kier alpha value is -1.91. The zero-order valence-corrected chi connectivity index (χ0v) is 11.8. The van der Waals surface area contributed by atoms with Gasteiger partial charge in [-0.2, -0.15) is 0 Å². The smallest absolute Gasteiger partial charge is 0.223 e. The Morgan fingerprint density at radius 1 is 1.19 bits per heavy atom. The maximum absolute atomic E-state index is 12.9. The summed E-state index contributed by atoms with van der Waals surface area (Å²) in [5.41, 5.74) is 0.574. The fourth-order valence-electron chi connectivity index (χ4n) is 2.77. The first-order valence-electron chi connectivity index (χ1n) is 7.32. The summed E-state index contributed by atoms with van der Waals surface area (Å²) >= 11 is 0. The molecule has 0 bridgehead atoms. The third kappa shape index (κ3) is 4.55. The van der Waals surface area contributed by atoms with Crippen molar-refractivity contribution >= 4 is 11.9 Å². The molecule has 1 N–H and O–H groups in total. The van der Waals surface area contributed by atoms with Crippen LogP contribution < -0.4 is 10.4 Å². The number of hydrogen-bond acceptors (Lipinski definition) is 3. The molecule has 4 nitrogen and oxygen atoms in total. The quantitative estimate of drug-likeness (QED) is 0.898. The summed E-state index contributed by atoms with van der Waals surface area (Å²) < 4.78 is 12.9. The Labute approximate surface area is 123 Å². The highest BCUT2D eigenvalue weighted by molar-refractivity contribution is 5.80. The van der Waals surface area contributed by atoms with Crippen LogP contribution >= 0.6 is 0 Å². The van der Waals surface area contributed by atoms with E-state index in [4.69, 9.17) is 0 Å². The number of aliphatic carboxylic acids is 1. The van der Waals surface area contributed by atoms with Crippen LogP contribution in [0.5, 0.6) is 0 Å². The normalized spacial score (nSPS) is 17.2. The molecule has 1 aliphatic carbocycles. The Kier molecular flexibility index (Phi) is 5.31. The van der Waals surface area contributed by atoms with E-state index in [1.54, 1.807) is 0 Å². The van der Waals surface area contributed by atoms with Gasteiger partial charge in [-0.15, -0.1) is 0 Å². The molecule has 0 heterocycles. The minimum Gasteiger partial charge on any atom is -0.550 e. The van der Waals surface area contributed by atoms with E-state index < -0.39 is 17.8 Å². The molecule has 1 unspecified atom stereocenters. The lowest BCUT2D eigenvalue weighted by molar-refractivity contribution is -0.306. The van der Waals surface area contributed by atoms with Crippen molar-refractivity contribution in [1.29, 1.82) is 0 Å². The lowest BCUT2D eigenvalue weighted by Gasteiger charge is -2.25. The van der Waals surface area contributed by atoms with Crippen LogP contribution in [-0.2, 0) is 9.59 Å². The second-order valence-electron chi connectivity index (χ2n) is 5.52. The van der Waals surface area contributed by atoms with E-state index in [1.165, 1.54) is 24.3 Å². The van der Waals surface area contributed by atoms with Crippen molar-refractivity contribution in [3.05, 3.63) is 35.6 Å². The molecule has 1 aromatic carbocycles. The molecule has 5 heteroatoms. The van der Waals surface area contributed by atoms with E-state index in [2.05, 4.69) is 5.32 Å². The molecule has 0 radical (unpaired) electrons. The summed E-state index contributed by atoms with van der Waals surface area (Å²) in [5.74, 6) is -1.81. The fourth-order valence-corrected chi connectivity index (χ4v) is 2.77. The zero-order valence-electron chi connectivity index (χ0n) is 11.8. The van der Waals surface area contributed by atoms with Gasteiger partial charge >= 0.3 is 0 Å². The standard InChI is InChI=1S/C16H20FNO3/c17-13-8-6-11(7-9-13)14(10-15(19)20)18-16(21)12-4-2-1-3-5-12/h6-9,12,14H,1-5,10H2,(H,18,21)(H,19,20)/p-1. The third-order valence-electron chi connectivity index (χ3n) is 3.94. The average Bonchev–Trinajstić information content (AvgIpc) is 2.48. The monoisotopic (exact) mass is 292 g/mol. The van der Waals surface area contributed by atoms with E-state index in [0.717, 1.165) is 32.1 Å². The number of hydrogen-bond donors (Lipinski definition) is 1. The summed E-state index contributed by atoms with van der Waals surface area (Å²) in [6, 6.07) is 4.81. The first-order valence-corrected chi connectivity index (χ1v) is 7.32. The van der Waals surface area contributed by atoms with Crippen molar-refractivity contribution in [3.63, 3.8) is 0 Å². The van der Waals surface area contributed by atoms with Crippen LogP contribution in [-0.4, -0.2) is 11.9 Å². The molecule has 21 heavy (non-hydrogen) atoms. The van der Waals surface area contributed by atoms with Crippen LogP contribution in [0.1, 0.15) is 50.1 Å². The topological polar surface area (TPSA) is 69.2 Å². The van der Waals surface area contributed by atoms with E-state index >= 15 is 0 Å². The molecule has 2 rings (SSSR count). The van der Waals surface area contributed by atoms with Crippen LogP contribution in [0.15, 0.2) is 24.3 Å². The van der Waals surface area contributed by atoms with Crippen molar-refractivity contribution < 1.29 is 19.1 Å². The highest BCUT2D eigenvalue weighted by atomic mass is 19.1. The molecule has 0 spiro atoms. The average molecular weight is 292 g/mol. The van der Waals surface area contributed by atoms with Gasteiger partial charge in [-0.25, -0.2) is 4.39 Å². The molecule has 0 aromatic heterocycles. The molecule has 0 saturated heterocycles. The minimum atomic E-state index is -1.24. The molecule has 1 fully saturated rings. The minimum absolute atomic E-state index is 0.0524. The van der Waals surface area contributed by atoms with Crippen LogP contribution in [0.2, 0.25) is 0 Å². The Morgan fingerprint density at radius 3 is 2.38 bits per heavy atom. The summed E-state index contributed by atoms with van der Waals surface area (Å²) in [6.45, 7) is 0. The first-order chi connectivity index (χ1) is 10.1. The van der Waals surface area contributed by atoms with Gasteiger partial charge in [0.05, 0.1) is 6.04 Å². The number of carbonyl (C=O) groups excluding carboxylic acids is 2. The maximum atomic E-state index is 12.9. The van der Waals surface area contributed by atoms with Gasteiger partial charge in [0, 0.05) is 18.3 Å². The number of nitrogens with one attached hydrogen (secondary N) is 1. The van der Waals surface area contributed by atoms with Gasteiger partial charge in [-0.3, -0.25) is 4.79 Å². The van der Waals surface area contributed by atoms with Crippen molar-refractivity contribution in [2.24, 2.45) is 5.92 Å². The number of benzene rings is 1. The van der Waals surface area contributed by atoms with Crippen molar-refractivity contribution in [2.75, 3.05) is 0 Å². The van der Waals surface area contributed by atoms with Gasteiger partial charge < -0.3 is 15.2 Å². The highest BCUT2D eigenvalue weighted by Gasteiger charge is 2.24. The maximum Gasteiger partial charge on any atom is 0.223 e. The third-order valence-corrected chi connectivity index (χ3v) is 3.94. The van der Waals surface area contributed by atoms with Crippen LogP contribution in [0.4, 0.5) is 4.39 Å². The van der Waals surface area contributed by atoms with E-state index in [0.29, 0.717) is 5.56 Å². The fraction of sp³-hybridized carbons (Fsp3) is 0.500. The number of carboxylic acid groups (broad SMARTS) is 1. The van der Waals surface area contributed by atoms with Crippen molar-refractivity contribution in [3.8, 4) is 0 Å². The summed E-state index contributed by atoms with van der Waals surface area (Å²) in [7, 11) is 0. The lowest BCUT2D eigenvalue weighted by Crippen LogP contribution is -2.38. The largest absolute Gasteiger partial charge is 0.550 e. The molecule has 0 aliphatic heterocycles. The van der Waals surface area contributed by atoms with Crippen LogP contribution in [0, 0.1) is 11.7 Å². The molecule has 1 atom stereocenters. The zero-order chi connectivity index (χ0) is 15.2. The Bertz CT molecular complexity index is 495. The van der Waals surface area contributed by atoms with Crippen molar-refractivity contribution in [1.82, 2.24) is 5.32 Å². The summed E-state index contributed by atoms with van der Waals surface area (Å²) in [6.07, 6.45) is 4.56. The Morgan fingerprint density at radius 2 is 1.81 bits per heavy atom. The number of halogens is 1. The predicted molar refractivity (Wildman–Crippen MR) is 73.5 cm³/mol. The Balaban J connectivity index is 2.06. The van der Waals surface area contributed by atoms with Gasteiger partial charge in [0.25, 0.3) is 0 Å². The lowest BCUT2D eigenvalue weighted by atomic mass is 9.88. The van der Waals surface area contributed by atoms with E-state index in [-0.39, 0.29) is 18.2 Å². The number of carbonyl (C=O) groups is 2. The molecular formula is C16H19FNO3-. The highest BCUT2D eigenvalue weighted by Crippen LogP contribution is 2.25. The summed E-state index contributed by atoms with van der Waals surface area (Å²) in [5, 5.41) is 13.6. The molecule has 1 saturated carbocycles. The van der Waals surface area contributed by atoms with E-state index in [9.17, 15) is 19.1 Å². The van der Waals surface area contributed by atoms with Gasteiger partial charge in [-0.1, -0.05) is 31.4 Å². The first kappa shape index (κ1) is 15.5. The van der Waals surface area contributed by atoms with Gasteiger partial charge in [0.15, 0.2) is 0 Å². The number of amides is 1. The van der Waals surface area contributed by atoms with Crippen LogP contribution in [0.25, 0.3) is 0 Å². The SMILES string of the molecule is O=C([O-])CC(NC(=O)C1CCCCC1)c1ccc(F)cc1.